The van der Waals surface area contributed by atoms with Crippen LogP contribution in [0, 0.1) is 5.82 Å². The molecule has 1 saturated heterocycles. The summed E-state index contributed by atoms with van der Waals surface area (Å²) in [4.78, 5) is 26.6. The van der Waals surface area contributed by atoms with Crippen molar-refractivity contribution in [3.8, 4) is 0 Å². The standard InChI is InChI=1S/C17H17F4N3O3/c1-8-5-24(7-23(8)3)14-11(18)4-9-13(12(14)17(19,20)21)22(2)6-10(15(9)25)16(26)27/h4,6,8H,5,7H2,1-3H3,(H,26,27). The normalized spacial score (nSPS) is 18.5. The van der Waals surface area contributed by atoms with E-state index in [1.165, 1.54) is 11.9 Å². The second kappa shape index (κ2) is 6.22. The second-order valence-corrected chi connectivity index (χ2v) is 6.73. The number of fused-ring (bicyclic) bond motifs is 1. The number of aryl methyl sites for hydroxylation is 1. The lowest BCUT2D eigenvalue weighted by atomic mass is 10.0. The van der Waals surface area contributed by atoms with Crippen molar-refractivity contribution in [2.75, 3.05) is 25.2 Å². The number of rotatable bonds is 2. The van der Waals surface area contributed by atoms with Gasteiger partial charge < -0.3 is 14.6 Å². The largest absolute Gasteiger partial charge is 0.477 e. The molecule has 1 aromatic carbocycles. The van der Waals surface area contributed by atoms with Gasteiger partial charge in [0, 0.05) is 25.8 Å². The highest BCUT2D eigenvalue weighted by Gasteiger charge is 2.42. The molecule has 10 heteroatoms. The van der Waals surface area contributed by atoms with Gasteiger partial charge >= 0.3 is 12.1 Å². The number of alkyl halides is 3. The lowest BCUT2D eigenvalue weighted by Crippen LogP contribution is -2.28. The van der Waals surface area contributed by atoms with Gasteiger partial charge in [-0.25, -0.2) is 9.18 Å². The van der Waals surface area contributed by atoms with E-state index in [2.05, 4.69) is 0 Å². The molecule has 0 saturated carbocycles. The highest BCUT2D eigenvalue weighted by atomic mass is 19.4. The number of anilines is 1. The van der Waals surface area contributed by atoms with Gasteiger partial charge in [0.15, 0.2) is 0 Å². The molecule has 0 aliphatic carbocycles. The molecule has 0 bridgehead atoms. The Hall–Kier alpha value is -2.62. The second-order valence-electron chi connectivity index (χ2n) is 6.73. The Kier molecular flexibility index (Phi) is 4.41. The van der Waals surface area contributed by atoms with Crippen LogP contribution >= 0.6 is 0 Å². The van der Waals surface area contributed by atoms with Crippen molar-refractivity contribution < 1.29 is 27.5 Å². The van der Waals surface area contributed by atoms with Crippen LogP contribution in [-0.4, -0.2) is 46.8 Å². The summed E-state index contributed by atoms with van der Waals surface area (Å²) in [6.45, 7) is 2.08. The summed E-state index contributed by atoms with van der Waals surface area (Å²) in [5.41, 5.74) is -4.34. The number of carbonyl (C=O) groups is 1. The van der Waals surface area contributed by atoms with Crippen LogP contribution in [-0.2, 0) is 13.2 Å². The Balaban J connectivity index is 2.44. The summed E-state index contributed by atoms with van der Waals surface area (Å²) < 4.78 is 57.5. The first-order chi connectivity index (χ1) is 12.4. The molecule has 0 radical (unpaired) electrons. The molecule has 1 aromatic heterocycles. The number of carboxylic acid groups (broad SMARTS) is 1. The number of nitrogens with zero attached hydrogens (tertiary/aromatic N) is 3. The molecule has 1 unspecified atom stereocenters. The van der Waals surface area contributed by atoms with Gasteiger partial charge in [-0.3, -0.25) is 9.69 Å². The summed E-state index contributed by atoms with van der Waals surface area (Å²) in [6, 6.07) is 0.608. The Morgan fingerprint density at radius 1 is 1.30 bits per heavy atom. The smallest absolute Gasteiger partial charge is 0.420 e. The number of hydrogen-bond acceptors (Lipinski definition) is 4. The number of hydrogen-bond donors (Lipinski definition) is 1. The maximum Gasteiger partial charge on any atom is 0.420 e. The number of benzene rings is 1. The van der Waals surface area contributed by atoms with E-state index >= 15 is 0 Å². The Labute approximate surface area is 151 Å². The highest BCUT2D eigenvalue weighted by Crippen LogP contribution is 2.43. The summed E-state index contributed by atoms with van der Waals surface area (Å²) in [7, 11) is 2.91. The monoisotopic (exact) mass is 387 g/mol. The van der Waals surface area contributed by atoms with Crippen molar-refractivity contribution in [3.63, 3.8) is 0 Å². The average Bonchev–Trinajstić information content (AvgIpc) is 2.87. The third-order valence-electron chi connectivity index (χ3n) is 4.85. The minimum atomic E-state index is -4.95. The van der Waals surface area contributed by atoms with Gasteiger partial charge in [0.05, 0.1) is 23.3 Å². The third kappa shape index (κ3) is 3.03. The zero-order valence-electron chi connectivity index (χ0n) is 14.8. The van der Waals surface area contributed by atoms with Crippen molar-refractivity contribution in [2.24, 2.45) is 7.05 Å². The molecule has 1 N–H and O–H groups in total. The van der Waals surface area contributed by atoms with Crippen LogP contribution in [0.5, 0.6) is 0 Å². The first-order valence-electron chi connectivity index (χ1n) is 8.05. The van der Waals surface area contributed by atoms with Gasteiger partial charge in [-0.2, -0.15) is 13.2 Å². The maximum absolute atomic E-state index is 14.8. The van der Waals surface area contributed by atoms with Gasteiger partial charge in [0.1, 0.15) is 16.9 Å². The van der Waals surface area contributed by atoms with E-state index in [9.17, 15) is 27.2 Å². The molecule has 27 heavy (non-hydrogen) atoms. The molecule has 146 valence electrons. The van der Waals surface area contributed by atoms with Crippen LogP contribution in [0.15, 0.2) is 17.1 Å². The van der Waals surface area contributed by atoms with E-state index in [1.54, 1.807) is 18.9 Å². The number of aromatic nitrogens is 1. The van der Waals surface area contributed by atoms with Crippen molar-refractivity contribution in [1.82, 2.24) is 9.47 Å². The van der Waals surface area contributed by atoms with Gasteiger partial charge in [-0.15, -0.1) is 0 Å². The Morgan fingerprint density at radius 3 is 2.41 bits per heavy atom. The molecule has 2 aromatic rings. The van der Waals surface area contributed by atoms with Gasteiger partial charge in [-0.1, -0.05) is 0 Å². The lowest BCUT2D eigenvalue weighted by Gasteiger charge is -2.25. The molecule has 1 aliphatic heterocycles. The number of halogens is 4. The van der Waals surface area contributed by atoms with E-state index in [0.29, 0.717) is 6.07 Å². The quantitative estimate of drug-likeness (QED) is 0.803. The van der Waals surface area contributed by atoms with Crippen LogP contribution in [0.3, 0.4) is 0 Å². The van der Waals surface area contributed by atoms with E-state index in [-0.39, 0.29) is 19.3 Å². The lowest BCUT2D eigenvalue weighted by molar-refractivity contribution is -0.136. The number of aromatic carboxylic acids is 1. The summed E-state index contributed by atoms with van der Waals surface area (Å²) >= 11 is 0. The van der Waals surface area contributed by atoms with Crippen molar-refractivity contribution in [2.45, 2.75) is 19.1 Å². The fraction of sp³-hybridized carbons (Fsp3) is 0.412. The predicted molar refractivity (Wildman–Crippen MR) is 90.5 cm³/mol. The van der Waals surface area contributed by atoms with Crippen LogP contribution in [0.1, 0.15) is 22.8 Å². The highest BCUT2D eigenvalue weighted by molar-refractivity contribution is 5.95. The van der Waals surface area contributed by atoms with Gasteiger partial charge in [0.2, 0.25) is 5.43 Å². The molecular formula is C17H17F4N3O3. The molecule has 0 amide bonds. The summed E-state index contributed by atoms with van der Waals surface area (Å²) in [5, 5.41) is 8.47. The maximum atomic E-state index is 14.8. The fourth-order valence-electron chi connectivity index (χ4n) is 3.45. The molecule has 1 aliphatic rings. The minimum Gasteiger partial charge on any atom is -0.477 e. The van der Waals surface area contributed by atoms with Crippen LogP contribution in [0.2, 0.25) is 0 Å². The van der Waals surface area contributed by atoms with E-state index in [0.717, 1.165) is 10.8 Å². The SMILES string of the molecule is CC1CN(c2c(F)cc3c(=O)c(C(=O)O)cn(C)c3c2C(F)(F)F)CN1C. The zero-order chi connectivity index (χ0) is 20.3. The molecule has 1 atom stereocenters. The first-order valence-corrected chi connectivity index (χ1v) is 8.05. The Bertz CT molecular complexity index is 990. The summed E-state index contributed by atoms with van der Waals surface area (Å²) in [6.07, 6.45) is -4.13. The summed E-state index contributed by atoms with van der Waals surface area (Å²) in [5.74, 6) is -2.80. The van der Waals surface area contributed by atoms with E-state index < -0.39 is 51.1 Å². The topological polar surface area (TPSA) is 65.8 Å². The molecule has 3 rings (SSSR count). The van der Waals surface area contributed by atoms with Crippen molar-refractivity contribution in [1.29, 1.82) is 0 Å². The molecular weight excluding hydrogens is 370 g/mol. The van der Waals surface area contributed by atoms with Crippen LogP contribution in [0.25, 0.3) is 10.9 Å². The molecule has 0 spiro atoms. The number of carboxylic acids is 1. The minimum absolute atomic E-state index is 0.0839. The third-order valence-corrected chi connectivity index (χ3v) is 4.85. The molecule has 1 fully saturated rings. The fourth-order valence-corrected chi connectivity index (χ4v) is 3.45. The van der Waals surface area contributed by atoms with E-state index in [4.69, 9.17) is 5.11 Å². The Morgan fingerprint density at radius 2 is 1.93 bits per heavy atom. The molecule has 6 nitrogen and oxygen atoms in total. The average molecular weight is 387 g/mol. The van der Waals surface area contributed by atoms with Gasteiger partial charge in [-0.05, 0) is 20.0 Å². The van der Waals surface area contributed by atoms with Crippen LogP contribution in [0.4, 0.5) is 23.2 Å². The van der Waals surface area contributed by atoms with Crippen molar-refractivity contribution >= 4 is 22.6 Å². The number of pyridine rings is 1. The van der Waals surface area contributed by atoms with Crippen LogP contribution < -0.4 is 10.3 Å². The van der Waals surface area contributed by atoms with Gasteiger partial charge in [0.25, 0.3) is 0 Å². The zero-order valence-corrected chi connectivity index (χ0v) is 14.8. The predicted octanol–water partition coefficient (Wildman–Crippen LogP) is 2.49. The molecule has 2 heterocycles. The van der Waals surface area contributed by atoms with E-state index in [1.807, 2.05) is 0 Å². The first kappa shape index (κ1) is 19.2. The van der Waals surface area contributed by atoms with Crippen molar-refractivity contribution in [3.05, 3.63) is 39.4 Å². The number of likely N-dealkylation sites (N-methyl/N-ethyl adjacent to an activating group) is 1.